The molecule has 6 aromatic carbocycles. The van der Waals surface area contributed by atoms with Crippen LogP contribution in [0, 0.1) is 0 Å². The van der Waals surface area contributed by atoms with Gasteiger partial charge in [-0.1, -0.05) is 36.4 Å². The maximum Gasteiger partial charge on any atom is 0.208 e. The van der Waals surface area contributed by atoms with Crippen LogP contribution in [0.3, 0.4) is 0 Å². The Kier molecular flexibility index (Phi) is 7.88. The first-order valence-corrected chi connectivity index (χ1v) is 17.4. The third-order valence-electron chi connectivity index (χ3n) is 9.52. The Morgan fingerprint density at radius 1 is 0.383 bits per heavy atom. The van der Waals surface area contributed by atoms with Crippen LogP contribution in [0.15, 0.2) is 109 Å². The molecule has 8 heteroatoms. The zero-order valence-corrected chi connectivity index (χ0v) is 28.0. The van der Waals surface area contributed by atoms with Gasteiger partial charge in [0.25, 0.3) is 0 Å². The van der Waals surface area contributed by atoms with Gasteiger partial charge in [-0.05, 0) is 105 Å². The lowest BCUT2D eigenvalue weighted by Gasteiger charge is -2.52. The first-order chi connectivity index (χ1) is 23.1. The van der Waals surface area contributed by atoms with Crippen molar-refractivity contribution in [3.8, 4) is 17.2 Å². The molecule has 3 aliphatic heterocycles. The second kappa shape index (κ2) is 12.5. The Balaban J connectivity index is 1.28. The Hall–Kier alpha value is -4.71. The van der Waals surface area contributed by atoms with Crippen molar-refractivity contribution in [2.75, 3.05) is 74.6 Å². The molecular formula is C39H39N4O3P. The van der Waals surface area contributed by atoms with E-state index >= 15 is 0 Å². The van der Waals surface area contributed by atoms with Crippen LogP contribution in [-0.2, 0) is 0 Å². The number of rotatable bonds is 6. The fourth-order valence-corrected chi connectivity index (χ4v) is 9.48. The molecule has 47 heavy (non-hydrogen) atoms. The summed E-state index contributed by atoms with van der Waals surface area (Å²) in [5.41, 5.74) is 3.72. The van der Waals surface area contributed by atoms with Crippen LogP contribution < -0.4 is 28.2 Å². The minimum Gasteiger partial charge on any atom is -0.497 e. The average molecular weight is 643 g/mol. The van der Waals surface area contributed by atoms with Crippen LogP contribution in [0.2, 0.25) is 0 Å². The highest BCUT2D eigenvalue weighted by atomic mass is 31.2. The highest BCUT2D eigenvalue weighted by Gasteiger charge is 2.38. The van der Waals surface area contributed by atoms with Crippen molar-refractivity contribution in [3.63, 3.8) is 0 Å². The quantitative estimate of drug-likeness (QED) is 0.169. The summed E-state index contributed by atoms with van der Waals surface area (Å²) in [5, 5.41) is 7.19. The summed E-state index contributed by atoms with van der Waals surface area (Å²) < 4.78 is 24.6. The number of hydrogen-bond donors (Lipinski definition) is 0. The maximum atomic E-state index is 5.53. The van der Waals surface area contributed by atoms with Crippen LogP contribution >= 0.6 is 8.37 Å². The van der Waals surface area contributed by atoms with Crippen molar-refractivity contribution < 1.29 is 14.2 Å². The maximum absolute atomic E-state index is 5.53. The molecular weight excluding hydrogens is 603 g/mol. The van der Waals surface area contributed by atoms with Gasteiger partial charge in [0.1, 0.15) is 17.2 Å². The summed E-state index contributed by atoms with van der Waals surface area (Å²) in [6, 6.07) is 39.7. The van der Waals surface area contributed by atoms with Gasteiger partial charge >= 0.3 is 0 Å². The lowest BCUT2D eigenvalue weighted by Crippen LogP contribution is -2.52. The summed E-state index contributed by atoms with van der Waals surface area (Å²) in [7, 11) is 4.18. The minimum atomic E-state index is -0.992. The number of nitrogens with zero attached hydrogens (tertiary/aromatic N) is 4. The molecule has 0 atom stereocenters. The molecule has 3 fully saturated rings. The summed E-state index contributed by atoms with van der Waals surface area (Å²) >= 11 is 0. The average Bonchev–Trinajstić information content (AvgIpc) is 3.10. The molecule has 3 aliphatic rings. The van der Waals surface area contributed by atoms with E-state index in [4.69, 9.17) is 14.2 Å². The first kappa shape index (κ1) is 29.7. The zero-order chi connectivity index (χ0) is 31.9. The van der Waals surface area contributed by atoms with E-state index in [2.05, 4.69) is 128 Å². The lowest BCUT2D eigenvalue weighted by atomic mass is 10.1. The number of anilines is 3. The molecule has 0 aromatic heterocycles. The summed E-state index contributed by atoms with van der Waals surface area (Å²) in [5.74, 6) is 2.64. The number of benzene rings is 6. The van der Waals surface area contributed by atoms with Crippen molar-refractivity contribution in [2.24, 2.45) is 0 Å². The molecule has 0 unspecified atom stereocenters. The van der Waals surface area contributed by atoms with Crippen LogP contribution in [0.4, 0.5) is 17.1 Å². The summed E-state index contributed by atoms with van der Waals surface area (Å²) in [6.45, 7) is 5.93. The van der Waals surface area contributed by atoms with Gasteiger partial charge in [-0.15, -0.1) is 0 Å². The van der Waals surface area contributed by atoms with Crippen molar-refractivity contribution in [1.29, 1.82) is 0 Å². The predicted octanol–water partition coefficient (Wildman–Crippen LogP) is 8.55. The largest absolute Gasteiger partial charge is 0.497 e. The number of fused-ring (bicyclic) bond motifs is 9. The highest BCUT2D eigenvalue weighted by Crippen LogP contribution is 2.56. The topological polar surface area (TPSA) is 40.7 Å². The van der Waals surface area contributed by atoms with E-state index in [9.17, 15) is 0 Å². The molecule has 0 radical (unpaired) electrons. The normalized spacial score (nSPS) is 18.3. The molecule has 3 saturated heterocycles. The fourth-order valence-electron chi connectivity index (χ4n) is 6.90. The summed E-state index contributed by atoms with van der Waals surface area (Å²) in [6.07, 6.45) is 0. The van der Waals surface area contributed by atoms with E-state index in [-0.39, 0.29) is 0 Å². The Morgan fingerprint density at radius 3 is 1.00 bits per heavy atom. The van der Waals surface area contributed by atoms with Crippen LogP contribution in [0.1, 0.15) is 0 Å². The van der Waals surface area contributed by atoms with Gasteiger partial charge in [-0.25, -0.2) is 0 Å². The molecule has 7 nitrogen and oxygen atoms in total. The van der Waals surface area contributed by atoms with Gasteiger partial charge in [-0.2, -0.15) is 0 Å². The van der Waals surface area contributed by atoms with E-state index in [1.165, 1.54) is 49.4 Å². The molecule has 0 spiro atoms. The third-order valence-corrected chi connectivity index (χ3v) is 12.1. The highest BCUT2D eigenvalue weighted by molar-refractivity contribution is 7.62. The summed E-state index contributed by atoms with van der Waals surface area (Å²) in [4.78, 5) is 2.63. The predicted molar refractivity (Wildman–Crippen MR) is 197 cm³/mol. The van der Waals surface area contributed by atoms with Crippen LogP contribution in [0.25, 0.3) is 32.3 Å². The van der Waals surface area contributed by atoms with E-state index < -0.39 is 8.37 Å². The van der Waals surface area contributed by atoms with E-state index in [1.807, 2.05) is 0 Å². The van der Waals surface area contributed by atoms with Crippen molar-refractivity contribution >= 4 is 57.8 Å². The minimum absolute atomic E-state index is 0.879. The van der Waals surface area contributed by atoms with Gasteiger partial charge in [0, 0.05) is 56.3 Å². The first-order valence-electron chi connectivity index (χ1n) is 16.2. The number of hydrogen-bond acceptors (Lipinski definition) is 7. The Morgan fingerprint density at radius 2 is 0.681 bits per heavy atom. The molecule has 9 rings (SSSR count). The van der Waals surface area contributed by atoms with E-state index in [0.29, 0.717) is 0 Å². The van der Waals surface area contributed by atoms with Crippen molar-refractivity contribution in [3.05, 3.63) is 109 Å². The fraction of sp³-hybridized carbons (Fsp3) is 0.231. The molecule has 0 N–H and O–H groups in total. The second-order valence-corrected chi connectivity index (χ2v) is 14.2. The zero-order valence-electron chi connectivity index (χ0n) is 27.1. The molecule has 0 saturated carbocycles. The van der Waals surface area contributed by atoms with E-state index in [1.54, 1.807) is 21.3 Å². The molecule has 0 aliphatic carbocycles. The van der Waals surface area contributed by atoms with Gasteiger partial charge in [-0.3, -0.25) is 4.90 Å². The third kappa shape index (κ3) is 5.64. The smallest absolute Gasteiger partial charge is 0.208 e. The van der Waals surface area contributed by atoms with Crippen LogP contribution in [-0.4, -0.2) is 65.5 Å². The molecule has 0 amide bonds. The number of ether oxygens (including phenoxy) is 3. The van der Waals surface area contributed by atoms with E-state index in [0.717, 1.165) is 56.5 Å². The molecule has 3 heterocycles. The monoisotopic (exact) mass is 642 g/mol. The number of methoxy groups -OCH3 is 3. The van der Waals surface area contributed by atoms with Gasteiger partial charge in [0.2, 0.25) is 8.37 Å². The molecule has 6 aromatic rings. The molecule has 2 bridgehead atoms. The van der Waals surface area contributed by atoms with Crippen molar-refractivity contribution in [1.82, 2.24) is 4.90 Å². The Bertz CT molecular complexity index is 1850. The molecule has 238 valence electrons. The van der Waals surface area contributed by atoms with Gasteiger partial charge in [0.05, 0.1) is 21.3 Å². The van der Waals surface area contributed by atoms with Crippen LogP contribution in [0.5, 0.6) is 17.2 Å². The Labute approximate surface area is 277 Å². The standard InChI is InChI=1S/C39H39N4O3P/c1-44-37-13-7-28-22-34(10-4-31(28)25-37)41-19-16-40-17-20-42(35-11-5-32-26-38(45-2)14-8-29(32)23-35)47(41)43(21-18-40)36-12-6-33-27-39(46-3)15-9-30(33)24-36/h4-15,22-27H,16-21H2,1-3H3. The lowest BCUT2D eigenvalue weighted by molar-refractivity contribution is 0.291. The van der Waals surface area contributed by atoms with Gasteiger partial charge < -0.3 is 28.2 Å². The SMILES string of the molecule is COc1ccc2cc(N3CCN4CCN(c5ccc6cc(OC)ccc6c5)P3N(c3ccc5cc(OC)ccc5c3)CC4)ccc2c1. The van der Waals surface area contributed by atoms with Crippen molar-refractivity contribution in [2.45, 2.75) is 0 Å². The second-order valence-electron chi connectivity index (χ2n) is 12.2. The van der Waals surface area contributed by atoms with Gasteiger partial charge in [0.15, 0.2) is 0 Å².